The Morgan fingerprint density at radius 3 is 0.651 bits per heavy atom. The minimum Gasteiger partial charge on any atom is -0.872 e. The van der Waals surface area contributed by atoms with E-state index in [4.69, 9.17) is 0 Å². The van der Waals surface area contributed by atoms with Crippen LogP contribution < -0.4 is 25.9 Å². The molecule has 0 saturated carbocycles. The molecule has 6 aromatic rings. The summed E-state index contributed by atoms with van der Waals surface area (Å²) in [4.78, 5) is 0. The molecule has 446 valence electrons. The van der Waals surface area contributed by atoms with Crippen LogP contribution in [0.5, 0.6) is 23.0 Å². The summed E-state index contributed by atoms with van der Waals surface area (Å²) in [5.41, 5.74) is 11.0. The zero-order chi connectivity index (χ0) is 61.5. The Bertz CT molecular complexity index is 2490. The number of para-hydroxylation sites is 4. The topological polar surface area (TPSA) is 92.2 Å². The van der Waals surface area contributed by atoms with Gasteiger partial charge in [0.05, 0.1) is 0 Å². The largest absolute Gasteiger partial charge is 2.00 e. The van der Waals surface area contributed by atoms with Crippen molar-refractivity contribution in [2.75, 3.05) is 0 Å². The number of benzene rings is 6. The molecule has 2 bridgehead atoms. The van der Waals surface area contributed by atoms with Gasteiger partial charge in [0.1, 0.15) is 0 Å². The fourth-order valence-electron chi connectivity index (χ4n) is 11.6. The van der Waals surface area contributed by atoms with Crippen LogP contribution in [0.2, 0.25) is 11.6 Å². The number of fused-ring (bicyclic) bond motifs is 2. The molecular weight excluding hydrogens is 1460 g/mol. The van der Waals surface area contributed by atoms with Gasteiger partial charge in [-0.1, -0.05) is 394 Å². The van der Waals surface area contributed by atoms with Crippen molar-refractivity contribution in [3.63, 3.8) is 0 Å². The van der Waals surface area contributed by atoms with Crippen molar-refractivity contribution in [1.29, 1.82) is 0 Å². The maximum atomic E-state index is 12.3. The SMILES string of the molecule is CC(C)(C)c1cccc(C(C)(C)C)c1[O-].CC(C)(C)c1cccc(C(C)(C)C)c1[O-].CC(C)(C)c1cccc(C(C)(C)C)c1[O-].CC(C)(C)c1cccc(C(C)(C)C)c1[O-].[U+2].[U+2].c1ccc(-c2ccc(B3C4CCCC3CCC4)cc2)cc1. The molecule has 0 aliphatic carbocycles. The van der Waals surface area contributed by atoms with E-state index in [1.807, 2.05) is 72.8 Å². The van der Waals surface area contributed by atoms with Crippen LogP contribution in [0.25, 0.3) is 11.1 Å². The molecule has 0 spiro atoms. The minimum atomic E-state index is -0.0711. The summed E-state index contributed by atoms with van der Waals surface area (Å²) in [7, 11) is 0. The van der Waals surface area contributed by atoms with Crippen LogP contribution in [0.1, 0.15) is 249 Å². The van der Waals surface area contributed by atoms with Crippen molar-refractivity contribution in [2.45, 2.75) is 260 Å². The minimum absolute atomic E-state index is 0. The molecule has 4 nitrogen and oxygen atoms in total. The van der Waals surface area contributed by atoms with E-state index in [-0.39, 0.29) is 129 Å². The van der Waals surface area contributed by atoms with E-state index in [1.165, 1.54) is 49.7 Å². The molecule has 2 aliphatic heterocycles. The van der Waals surface area contributed by atoms with Gasteiger partial charge >= 0.3 is 62.2 Å². The quantitative estimate of drug-likeness (QED) is 0.162. The summed E-state index contributed by atoms with van der Waals surface area (Å²) in [5, 5.41) is 49.0. The number of hydrogen-bond acceptors (Lipinski definition) is 4. The van der Waals surface area contributed by atoms with Crippen molar-refractivity contribution in [3.8, 4) is 34.1 Å². The van der Waals surface area contributed by atoms with Gasteiger partial charge in [0.25, 0.3) is 0 Å². The van der Waals surface area contributed by atoms with E-state index in [1.54, 1.807) is 5.46 Å². The molecular formula is C76H107BO4U2. The maximum absolute atomic E-state index is 12.3. The van der Waals surface area contributed by atoms with Gasteiger partial charge in [0.15, 0.2) is 6.71 Å². The Morgan fingerprint density at radius 2 is 0.458 bits per heavy atom. The van der Waals surface area contributed by atoms with E-state index in [0.717, 1.165) is 62.9 Å². The molecule has 2 aliphatic rings. The van der Waals surface area contributed by atoms with Gasteiger partial charge < -0.3 is 20.4 Å². The van der Waals surface area contributed by atoms with Crippen LogP contribution in [0, 0.1) is 62.2 Å². The molecule has 2 heterocycles. The Balaban J connectivity index is 0.000000355. The van der Waals surface area contributed by atoms with Crippen molar-refractivity contribution in [2.24, 2.45) is 0 Å². The van der Waals surface area contributed by atoms with E-state index in [0.29, 0.717) is 0 Å². The van der Waals surface area contributed by atoms with Gasteiger partial charge in [-0.15, -0.1) is 23.0 Å². The van der Waals surface area contributed by atoms with Crippen LogP contribution in [-0.4, -0.2) is 6.71 Å². The number of hydrogen-bond donors (Lipinski definition) is 0. The van der Waals surface area contributed by atoms with Gasteiger partial charge in [-0.05, 0) is 54.4 Å². The van der Waals surface area contributed by atoms with E-state index in [9.17, 15) is 20.4 Å². The monoisotopic (exact) mass is 1570 g/mol. The summed E-state index contributed by atoms with van der Waals surface area (Å²) < 4.78 is 0. The summed E-state index contributed by atoms with van der Waals surface area (Å²) in [5.74, 6) is 2.74. The smallest absolute Gasteiger partial charge is 0.872 e. The van der Waals surface area contributed by atoms with Crippen molar-refractivity contribution < 1.29 is 82.7 Å². The molecule has 7 heteroatoms. The van der Waals surface area contributed by atoms with Gasteiger partial charge in [-0.2, -0.15) is 0 Å². The Hall–Kier alpha value is -3.31. The first-order valence-electron chi connectivity index (χ1n) is 30.4. The van der Waals surface area contributed by atoms with Crippen LogP contribution in [0.15, 0.2) is 127 Å². The van der Waals surface area contributed by atoms with Crippen LogP contribution in [-0.2, 0) is 43.3 Å². The average molecular weight is 1570 g/mol. The molecule has 2 fully saturated rings. The molecule has 83 heavy (non-hydrogen) atoms. The maximum Gasteiger partial charge on any atom is 2.00 e. The molecule has 0 radical (unpaired) electrons. The van der Waals surface area contributed by atoms with Crippen molar-refractivity contribution >= 4 is 12.2 Å². The van der Waals surface area contributed by atoms with Gasteiger partial charge in [-0.25, -0.2) is 0 Å². The zero-order valence-electron chi connectivity index (χ0n) is 56.2. The van der Waals surface area contributed by atoms with Gasteiger partial charge in [-0.3, -0.25) is 0 Å². The Kier molecular flexibility index (Phi) is 27.5. The fraction of sp³-hybridized carbons (Fsp3) is 0.526. The van der Waals surface area contributed by atoms with E-state index < -0.39 is 0 Å². The van der Waals surface area contributed by atoms with E-state index in [2.05, 4.69) is 221 Å². The van der Waals surface area contributed by atoms with Crippen molar-refractivity contribution in [1.82, 2.24) is 0 Å². The van der Waals surface area contributed by atoms with Gasteiger partial charge in [0.2, 0.25) is 0 Å². The summed E-state index contributed by atoms with van der Waals surface area (Å²) >= 11 is 0. The molecule has 8 rings (SSSR count). The molecule has 0 N–H and O–H groups in total. The third kappa shape index (κ3) is 21.5. The van der Waals surface area contributed by atoms with E-state index >= 15 is 0 Å². The van der Waals surface area contributed by atoms with Crippen molar-refractivity contribution in [3.05, 3.63) is 172 Å². The molecule has 2 saturated heterocycles. The predicted molar refractivity (Wildman–Crippen MR) is 346 cm³/mol. The van der Waals surface area contributed by atoms with Crippen LogP contribution in [0.3, 0.4) is 0 Å². The summed E-state index contributed by atoms with van der Waals surface area (Å²) in [6, 6.07) is 43.7. The second kappa shape index (κ2) is 30.1. The molecule has 6 aromatic carbocycles. The van der Waals surface area contributed by atoms with Crippen LogP contribution >= 0.6 is 0 Å². The Morgan fingerprint density at radius 1 is 0.265 bits per heavy atom. The third-order valence-electron chi connectivity index (χ3n) is 16.2. The first kappa shape index (κ1) is 75.8. The first-order chi connectivity index (χ1) is 37.0. The average Bonchev–Trinajstić information content (AvgIpc) is 3.50. The second-order valence-electron chi connectivity index (χ2n) is 31.6. The standard InChI is InChI=1S/C20H23B.4C14H22O.2U/c1-2-6-16(7-3-1)17-12-14-20(15-13-17)21-18-8-4-9-19(21)11-5-10-18;4*1-13(2,3)10-8-7-9-11(12(10)15)14(4,5)6;;/h1-3,6-7,12-15,18-19H,4-5,8-11H2;4*7-9,15H,1-6H3;;/q;;;;;2*+2/p-4. The normalized spacial score (nSPS) is 15.6. The first-order valence-corrected chi connectivity index (χ1v) is 30.4. The molecule has 0 aromatic heterocycles. The summed E-state index contributed by atoms with van der Waals surface area (Å²) in [6.07, 6.45) is 8.77. The molecule has 0 atom stereocenters. The third-order valence-corrected chi connectivity index (χ3v) is 16.2. The molecule has 0 amide bonds. The number of rotatable bonds is 2. The second-order valence-corrected chi connectivity index (χ2v) is 31.6. The van der Waals surface area contributed by atoms with Crippen LogP contribution in [0.4, 0.5) is 0 Å². The summed E-state index contributed by atoms with van der Waals surface area (Å²) in [6.45, 7) is 50.8. The Labute approximate surface area is 555 Å². The predicted octanol–water partition coefficient (Wildman–Crippen LogP) is 18.6. The molecule has 0 unspecified atom stereocenters. The zero-order valence-corrected chi connectivity index (χ0v) is 64.6. The van der Waals surface area contributed by atoms with Gasteiger partial charge in [0, 0.05) is 0 Å². The fourth-order valence-corrected chi connectivity index (χ4v) is 11.6.